The molecule has 0 spiro atoms. The number of nitrogens with two attached hydrogens (primary N) is 1. The van der Waals surface area contributed by atoms with Gasteiger partial charge in [0.2, 0.25) is 0 Å². The van der Waals surface area contributed by atoms with E-state index in [4.69, 9.17) is 5.73 Å². The smallest absolute Gasteiger partial charge is 0.272 e. The number of amides is 2. The van der Waals surface area contributed by atoms with E-state index in [1.165, 1.54) is 0 Å². The number of rotatable bonds is 2. The van der Waals surface area contributed by atoms with Gasteiger partial charge in [-0.2, -0.15) is 0 Å². The number of para-hydroxylation sites is 1. The fourth-order valence-corrected chi connectivity index (χ4v) is 3.16. The van der Waals surface area contributed by atoms with Crippen LogP contribution in [-0.2, 0) is 0 Å². The van der Waals surface area contributed by atoms with Crippen LogP contribution in [0.3, 0.4) is 0 Å². The van der Waals surface area contributed by atoms with Crippen LogP contribution in [0.15, 0.2) is 30.3 Å². The molecule has 4 rings (SSSR count). The Morgan fingerprint density at radius 2 is 1.88 bits per heavy atom. The van der Waals surface area contributed by atoms with Gasteiger partial charge in [-0.25, -0.2) is 4.98 Å². The maximum atomic E-state index is 12.7. The van der Waals surface area contributed by atoms with Crippen LogP contribution in [0.1, 0.15) is 21.0 Å². The van der Waals surface area contributed by atoms with Crippen molar-refractivity contribution in [3.05, 3.63) is 41.7 Å². The average molecular weight is 323 g/mol. The van der Waals surface area contributed by atoms with E-state index in [1.54, 1.807) is 11.0 Å². The maximum absolute atomic E-state index is 12.7. The van der Waals surface area contributed by atoms with E-state index in [0.717, 1.165) is 29.4 Å². The van der Waals surface area contributed by atoms with Gasteiger partial charge in [0.15, 0.2) is 5.69 Å². The summed E-state index contributed by atoms with van der Waals surface area (Å²) in [5, 5.41) is 4.93. The number of nitrogens with one attached hydrogen (secondary N) is 2. The van der Waals surface area contributed by atoms with Gasteiger partial charge in [0.25, 0.3) is 11.8 Å². The van der Waals surface area contributed by atoms with Gasteiger partial charge >= 0.3 is 0 Å². The number of H-pyrrole nitrogens is 1. The topological polar surface area (TPSA) is 104 Å². The molecule has 7 heteroatoms. The summed E-state index contributed by atoms with van der Waals surface area (Å²) in [5.41, 5.74) is 7.29. The zero-order valence-electron chi connectivity index (χ0n) is 13.0. The molecule has 1 aliphatic rings. The fraction of sp³-hybridized carbons (Fsp3) is 0.235. The number of piperazine rings is 1. The van der Waals surface area contributed by atoms with Crippen molar-refractivity contribution in [2.24, 2.45) is 5.73 Å². The van der Waals surface area contributed by atoms with Crippen molar-refractivity contribution in [1.82, 2.24) is 20.2 Å². The molecule has 2 aromatic heterocycles. The molecule has 0 bridgehead atoms. The number of carbonyl (C=O) groups excluding carboxylic acids is 2. The first-order valence-electron chi connectivity index (χ1n) is 7.86. The molecule has 7 nitrogen and oxygen atoms in total. The van der Waals surface area contributed by atoms with Crippen molar-refractivity contribution in [1.29, 1.82) is 0 Å². The third-order valence-electron chi connectivity index (χ3n) is 4.35. The van der Waals surface area contributed by atoms with Crippen LogP contribution in [0.25, 0.3) is 21.8 Å². The molecule has 1 aromatic carbocycles. The summed E-state index contributed by atoms with van der Waals surface area (Å²) < 4.78 is 0. The van der Waals surface area contributed by atoms with Crippen molar-refractivity contribution < 1.29 is 9.59 Å². The highest BCUT2D eigenvalue weighted by Crippen LogP contribution is 2.27. The lowest BCUT2D eigenvalue weighted by molar-refractivity contribution is 0.0730. The molecule has 0 aliphatic carbocycles. The predicted octanol–water partition coefficient (Wildman–Crippen LogP) is 0.860. The first-order chi connectivity index (χ1) is 11.6. The Balaban J connectivity index is 1.91. The van der Waals surface area contributed by atoms with Crippen LogP contribution in [0.4, 0.5) is 0 Å². The van der Waals surface area contributed by atoms with Gasteiger partial charge in [-0.1, -0.05) is 18.2 Å². The highest BCUT2D eigenvalue weighted by atomic mass is 16.2. The molecule has 1 fully saturated rings. The number of benzene rings is 1. The zero-order valence-corrected chi connectivity index (χ0v) is 13.0. The van der Waals surface area contributed by atoms with Crippen LogP contribution in [-0.4, -0.2) is 52.9 Å². The minimum Gasteiger partial charge on any atom is -0.364 e. The number of hydrogen-bond acceptors (Lipinski definition) is 4. The van der Waals surface area contributed by atoms with E-state index in [-0.39, 0.29) is 17.3 Å². The van der Waals surface area contributed by atoms with Crippen LogP contribution >= 0.6 is 0 Å². The first-order valence-corrected chi connectivity index (χ1v) is 7.86. The molecule has 2 amide bonds. The SMILES string of the molecule is NC(=O)c1nc(C(=O)N2CCNCC2)cc2c1[nH]c1ccccc12. The molecule has 0 atom stereocenters. The third kappa shape index (κ3) is 2.30. The average Bonchev–Trinajstić information content (AvgIpc) is 2.99. The largest absolute Gasteiger partial charge is 0.364 e. The molecule has 0 saturated carbocycles. The molecule has 4 N–H and O–H groups in total. The Morgan fingerprint density at radius 1 is 1.12 bits per heavy atom. The molecular formula is C17H17N5O2. The van der Waals surface area contributed by atoms with E-state index < -0.39 is 5.91 Å². The van der Waals surface area contributed by atoms with Gasteiger partial charge in [0.1, 0.15) is 5.69 Å². The predicted molar refractivity (Wildman–Crippen MR) is 90.9 cm³/mol. The summed E-state index contributed by atoms with van der Waals surface area (Å²) in [7, 11) is 0. The molecule has 0 unspecified atom stereocenters. The molecular weight excluding hydrogens is 306 g/mol. The Labute approximate surface area is 137 Å². The zero-order chi connectivity index (χ0) is 16.7. The molecule has 122 valence electrons. The lowest BCUT2D eigenvalue weighted by atomic mass is 10.1. The fourth-order valence-electron chi connectivity index (χ4n) is 3.16. The monoisotopic (exact) mass is 323 g/mol. The molecule has 0 radical (unpaired) electrons. The van der Waals surface area contributed by atoms with Crippen LogP contribution in [0.2, 0.25) is 0 Å². The van der Waals surface area contributed by atoms with Crippen LogP contribution in [0.5, 0.6) is 0 Å². The van der Waals surface area contributed by atoms with Crippen molar-refractivity contribution in [3.8, 4) is 0 Å². The number of aromatic nitrogens is 2. The highest BCUT2D eigenvalue weighted by Gasteiger charge is 2.23. The minimum atomic E-state index is -0.651. The summed E-state index contributed by atoms with van der Waals surface area (Å²) in [4.78, 5) is 33.8. The quantitative estimate of drug-likeness (QED) is 0.650. The summed E-state index contributed by atoms with van der Waals surface area (Å²) in [5.74, 6) is -0.826. The van der Waals surface area contributed by atoms with Gasteiger partial charge in [-0.15, -0.1) is 0 Å². The van der Waals surface area contributed by atoms with Gasteiger partial charge < -0.3 is 20.9 Å². The van der Waals surface area contributed by atoms with E-state index in [2.05, 4.69) is 15.3 Å². The summed E-state index contributed by atoms with van der Waals surface area (Å²) in [6.45, 7) is 2.75. The minimum absolute atomic E-state index is 0.0992. The molecule has 3 aromatic rings. The second kappa shape index (κ2) is 5.61. The van der Waals surface area contributed by atoms with Gasteiger partial charge in [0.05, 0.1) is 5.52 Å². The molecule has 24 heavy (non-hydrogen) atoms. The number of hydrogen-bond donors (Lipinski definition) is 3. The highest BCUT2D eigenvalue weighted by molar-refractivity contribution is 6.15. The lowest BCUT2D eigenvalue weighted by Crippen LogP contribution is -2.46. The number of primary amides is 1. The Morgan fingerprint density at radius 3 is 2.62 bits per heavy atom. The molecule has 1 saturated heterocycles. The second-order valence-corrected chi connectivity index (χ2v) is 5.86. The van der Waals surface area contributed by atoms with Gasteiger partial charge in [0, 0.05) is 42.5 Å². The Hall–Kier alpha value is -2.93. The standard InChI is InChI=1S/C17H17N5O2/c18-16(23)15-14-11(10-3-1-2-4-12(10)20-14)9-13(21-15)17(24)22-7-5-19-6-8-22/h1-4,9,19-20H,5-8H2,(H2,18,23). The van der Waals surface area contributed by atoms with E-state index in [0.29, 0.717) is 18.6 Å². The Kier molecular flexibility index (Phi) is 3.42. The number of nitrogens with zero attached hydrogens (tertiary/aromatic N) is 2. The number of pyridine rings is 1. The molecule has 3 heterocycles. The number of carbonyl (C=O) groups is 2. The van der Waals surface area contributed by atoms with E-state index in [1.807, 2.05) is 24.3 Å². The third-order valence-corrected chi connectivity index (χ3v) is 4.35. The van der Waals surface area contributed by atoms with Crippen molar-refractivity contribution >= 4 is 33.6 Å². The van der Waals surface area contributed by atoms with Gasteiger partial charge in [-0.05, 0) is 12.1 Å². The van der Waals surface area contributed by atoms with Crippen molar-refractivity contribution in [3.63, 3.8) is 0 Å². The molecule has 1 aliphatic heterocycles. The number of aromatic amines is 1. The van der Waals surface area contributed by atoms with E-state index in [9.17, 15) is 9.59 Å². The summed E-state index contributed by atoms with van der Waals surface area (Å²) in [6.07, 6.45) is 0. The summed E-state index contributed by atoms with van der Waals surface area (Å²) in [6, 6.07) is 9.42. The second-order valence-electron chi connectivity index (χ2n) is 5.86. The summed E-state index contributed by atoms with van der Waals surface area (Å²) >= 11 is 0. The van der Waals surface area contributed by atoms with Gasteiger partial charge in [-0.3, -0.25) is 9.59 Å². The number of fused-ring (bicyclic) bond motifs is 3. The maximum Gasteiger partial charge on any atom is 0.272 e. The van der Waals surface area contributed by atoms with Crippen molar-refractivity contribution in [2.45, 2.75) is 0 Å². The van der Waals surface area contributed by atoms with Crippen molar-refractivity contribution in [2.75, 3.05) is 26.2 Å². The lowest BCUT2D eigenvalue weighted by Gasteiger charge is -2.27. The van der Waals surface area contributed by atoms with E-state index >= 15 is 0 Å². The normalized spacial score (nSPS) is 15.1. The van der Waals surface area contributed by atoms with Crippen LogP contribution in [0, 0.1) is 0 Å². The van der Waals surface area contributed by atoms with Crippen LogP contribution < -0.4 is 11.1 Å². The first kappa shape index (κ1) is 14.6. The Bertz CT molecular complexity index is 956.